The summed E-state index contributed by atoms with van der Waals surface area (Å²) in [6.07, 6.45) is 4.72. The Morgan fingerprint density at radius 2 is 1.77 bits per heavy atom. The van der Waals surface area contributed by atoms with E-state index in [2.05, 4.69) is 20.8 Å². The Bertz CT molecular complexity index is 443. The maximum atomic E-state index is 5.85. The molecule has 1 heterocycles. The topological polar surface area (TPSA) is 36.9 Å². The van der Waals surface area contributed by atoms with Crippen LogP contribution in [0.25, 0.3) is 0 Å². The van der Waals surface area contributed by atoms with Crippen molar-refractivity contribution in [2.75, 3.05) is 20.0 Å². The van der Waals surface area contributed by atoms with Crippen molar-refractivity contribution in [3.05, 3.63) is 18.2 Å². The summed E-state index contributed by atoms with van der Waals surface area (Å²) in [6.45, 7) is 8.46. The Kier molecular flexibility index (Phi) is 6.84. The lowest BCUT2D eigenvalue weighted by Gasteiger charge is -2.16. The molecule has 0 radical (unpaired) electrons. The second-order valence-corrected chi connectivity index (χ2v) is 5.86. The Hall–Kier alpha value is -1.42. The lowest BCUT2D eigenvalue weighted by molar-refractivity contribution is 0.0395. The first-order valence-electron chi connectivity index (χ1n) is 8.37. The number of hydrogen-bond acceptors (Lipinski definition) is 4. The van der Waals surface area contributed by atoms with Gasteiger partial charge in [-0.25, -0.2) is 0 Å². The van der Waals surface area contributed by atoms with Crippen molar-refractivity contribution >= 4 is 0 Å². The summed E-state index contributed by atoms with van der Waals surface area (Å²) in [5.74, 6) is 3.00. The molecule has 124 valence electrons. The van der Waals surface area contributed by atoms with Gasteiger partial charge in [0.2, 0.25) is 6.79 Å². The van der Waals surface area contributed by atoms with Crippen LogP contribution in [0.2, 0.25) is 0 Å². The van der Waals surface area contributed by atoms with Crippen LogP contribution in [0.15, 0.2) is 18.2 Å². The largest absolute Gasteiger partial charge is 0.493 e. The smallest absolute Gasteiger partial charge is 0.231 e. The van der Waals surface area contributed by atoms with E-state index in [1.807, 2.05) is 18.2 Å². The van der Waals surface area contributed by atoms with Crippen LogP contribution < -0.4 is 14.2 Å². The number of ether oxygens (including phenoxy) is 4. The van der Waals surface area contributed by atoms with Crippen LogP contribution in [0, 0.1) is 5.92 Å². The van der Waals surface area contributed by atoms with E-state index in [1.54, 1.807) is 0 Å². The molecule has 4 heteroatoms. The zero-order valence-corrected chi connectivity index (χ0v) is 14.0. The van der Waals surface area contributed by atoms with Gasteiger partial charge in [-0.1, -0.05) is 20.8 Å². The Morgan fingerprint density at radius 3 is 2.55 bits per heavy atom. The molecule has 0 spiro atoms. The van der Waals surface area contributed by atoms with E-state index in [9.17, 15) is 0 Å². The minimum Gasteiger partial charge on any atom is -0.493 e. The minimum atomic E-state index is 0.298. The summed E-state index contributed by atoms with van der Waals surface area (Å²) in [5.41, 5.74) is 0. The second-order valence-electron chi connectivity index (χ2n) is 5.86. The predicted octanol–water partition coefficient (Wildman–Crippen LogP) is 4.42. The van der Waals surface area contributed by atoms with Crippen molar-refractivity contribution in [1.82, 2.24) is 0 Å². The van der Waals surface area contributed by atoms with Gasteiger partial charge >= 0.3 is 0 Å². The molecule has 0 amide bonds. The monoisotopic (exact) mass is 308 g/mol. The van der Waals surface area contributed by atoms with Crippen molar-refractivity contribution in [2.45, 2.75) is 52.6 Å². The summed E-state index contributed by atoms with van der Waals surface area (Å²) in [5, 5.41) is 0. The van der Waals surface area contributed by atoms with Crippen LogP contribution in [0.1, 0.15) is 46.5 Å². The summed E-state index contributed by atoms with van der Waals surface area (Å²) >= 11 is 0. The number of rotatable bonds is 10. The third kappa shape index (κ3) is 5.09. The molecule has 4 nitrogen and oxygen atoms in total. The highest BCUT2D eigenvalue weighted by atomic mass is 16.7. The highest BCUT2D eigenvalue weighted by Crippen LogP contribution is 2.35. The van der Waals surface area contributed by atoms with Crippen LogP contribution in [-0.2, 0) is 4.74 Å². The second kappa shape index (κ2) is 8.89. The van der Waals surface area contributed by atoms with Crippen molar-refractivity contribution in [3.63, 3.8) is 0 Å². The van der Waals surface area contributed by atoms with E-state index in [0.717, 1.165) is 49.5 Å². The van der Waals surface area contributed by atoms with E-state index >= 15 is 0 Å². The zero-order chi connectivity index (χ0) is 15.8. The zero-order valence-electron chi connectivity index (χ0n) is 14.0. The number of hydrogen-bond donors (Lipinski definition) is 0. The molecule has 1 atom stereocenters. The lowest BCUT2D eigenvalue weighted by Crippen LogP contribution is -2.13. The molecule has 0 N–H and O–H groups in total. The van der Waals surface area contributed by atoms with E-state index in [0.29, 0.717) is 25.4 Å². The van der Waals surface area contributed by atoms with Crippen LogP contribution in [0.4, 0.5) is 0 Å². The van der Waals surface area contributed by atoms with Gasteiger partial charge in [0, 0.05) is 12.7 Å². The van der Waals surface area contributed by atoms with E-state index in [4.69, 9.17) is 18.9 Å². The fourth-order valence-electron chi connectivity index (χ4n) is 2.45. The van der Waals surface area contributed by atoms with Gasteiger partial charge in [-0.3, -0.25) is 0 Å². The normalized spacial score (nSPS) is 14.4. The quantitative estimate of drug-likeness (QED) is 0.641. The molecule has 0 bridgehead atoms. The van der Waals surface area contributed by atoms with E-state index < -0.39 is 0 Å². The molecule has 1 aromatic rings. The van der Waals surface area contributed by atoms with Gasteiger partial charge < -0.3 is 18.9 Å². The predicted molar refractivity (Wildman–Crippen MR) is 86.8 cm³/mol. The van der Waals surface area contributed by atoms with Gasteiger partial charge in [0.1, 0.15) is 5.75 Å². The van der Waals surface area contributed by atoms with Gasteiger partial charge in [-0.05, 0) is 43.7 Å². The summed E-state index contributed by atoms with van der Waals surface area (Å²) < 4.78 is 22.3. The highest BCUT2D eigenvalue weighted by molar-refractivity contribution is 5.46. The molecule has 0 fully saturated rings. The molecule has 0 saturated carbocycles. The molecule has 2 rings (SSSR count). The van der Waals surface area contributed by atoms with Crippen molar-refractivity contribution in [1.29, 1.82) is 0 Å². The SMILES string of the molecule is CCC(CC)OCCC(C)CCOc1ccc2c(c1)OCO2. The van der Waals surface area contributed by atoms with Crippen LogP contribution in [-0.4, -0.2) is 26.1 Å². The Balaban J connectivity index is 1.61. The Morgan fingerprint density at radius 1 is 1.05 bits per heavy atom. The van der Waals surface area contributed by atoms with Crippen molar-refractivity contribution in [2.24, 2.45) is 5.92 Å². The lowest BCUT2D eigenvalue weighted by atomic mass is 10.1. The first-order valence-corrected chi connectivity index (χ1v) is 8.37. The standard InChI is InChI=1S/C18H28O4/c1-4-15(5-2)19-10-8-14(3)9-11-20-16-6-7-17-18(12-16)22-13-21-17/h6-7,12,14-15H,4-5,8-11,13H2,1-3H3. The van der Waals surface area contributed by atoms with Crippen LogP contribution in [0.5, 0.6) is 17.2 Å². The summed E-state index contributed by atoms with van der Waals surface area (Å²) in [7, 11) is 0. The molecular weight excluding hydrogens is 280 g/mol. The molecule has 1 aliphatic rings. The van der Waals surface area contributed by atoms with Crippen molar-refractivity contribution in [3.8, 4) is 17.2 Å². The highest BCUT2D eigenvalue weighted by Gasteiger charge is 2.13. The fraction of sp³-hybridized carbons (Fsp3) is 0.667. The maximum Gasteiger partial charge on any atom is 0.231 e. The van der Waals surface area contributed by atoms with Gasteiger partial charge in [0.15, 0.2) is 11.5 Å². The molecule has 1 aliphatic heterocycles. The van der Waals surface area contributed by atoms with Crippen LogP contribution in [0.3, 0.4) is 0 Å². The van der Waals surface area contributed by atoms with E-state index in [-0.39, 0.29) is 0 Å². The molecule has 1 unspecified atom stereocenters. The van der Waals surface area contributed by atoms with Gasteiger partial charge in [-0.2, -0.15) is 0 Å². The number of benzene rings is 1. The van der Waals surface area contributed by atoms with Gasteiger partial charge in [0.25, 0.3) is 0 Å². The molecular formula is C18H28O4. The minimum absolute atomic E-state index is 0.298. The molecule has 22 heavy (non-hydrogen) atoms. The third-order valence-electron chi connectivity index (χ3n) is 4.10. The fourth-order valence-corrected chi connectivity index (χ4v) is 2.45. The molecule has 0 aliphatic carbocycles. The van der Waals surface area contributed by atoms with Crippen molar-refractivity contribution < 1.29 is 18.9 Å². The third-order valence-corrected chi connectivity index (χ3v) is 4.10. The summed E-state index contributed by atoms with van der Waals surface area (Å²) in [4.78, 5) is 0. The van der Waals surface area contributed by atoms with Gasteiger partial charge in [0.05, 0.1) is 12.7 Å². The average Bonchev–Trinajstić information content (AvgIpc) is 2.99. The van der Waals surface area contributed by atoms with E-state index in [1.165, 1.54) is 0 Å². The Labute approximate surface area is 133 Å². The molecule has 0 saturated heterocycles. The first kappa shape index (κ1) is 16.9. The average molecular weight is 308 g/mol. The summed E-state index contributed by atoms with van der Waals surface area (Å²) in [6, 6.07) is 5.71. The molecule has 0 aromatic heterocycles. The molecule has 1 aromatic carbocycles. The van der Waals surface area contributed by atoms with Crippen LogP contribution >= 0.6 is 0 Å². The first-order chi connectivity index (χ1) is 10.7. The van der Waals surface area contributed by atoms with Gasteiger partial charge in [-0.15, -0.1) is 0 Å². The number of fused-ring (bicyclic) bond motifs is 1. The maximum absolute atomic E-state index is 5.85.